The van der Waals surface area contributed by atoms with Crippen molar-refractivity contribution in [3.05, 3.63) is 11.6 Å². The third-order valence-electron chi connectivity index (χ3n) is 9.30. The summed E-state index contributed by atoms with van der Waals surface area (Å²) in [6, 6.07) is 0. The number of Topliss-reactive ketones (excluding diaryl/α,β-unsaturated/α-hetero) is 1. The van der Waals surface area contributed by atoms with E-state index in [1.807, 2.05) is 13.0 Å². The van der Waals surface area contributed by atoms with Crippen molar-refractivity contribution in [2.75, 3.05) is 0 Å². The van der Waals surface area contributed by atoms with Crippen LogP contribution in [0.3, 0.4) is 0 Å². The van der Waals surface area contributed by atoms with Gasteiger partial charge in [0.2, 0.25) is 0 Å². The lowest BCUT2D eigenvalue weighted by Gasteiger charge is -2.62. The molecule has 0 aromatic rings. The van der Waals surface area contributed by atoms with Crippen molar-refractivity contribution in [3.8, 4) is 0 Å². The van der Waals surface area contributed by atoms with E-state index in [0.717, 1.165) is 31.6 Å². The summed E-state index contributed by atoms with van der Waals surface area (Å²) < 4.78 is 0. The van der Waals surface area contributed by atoms with E-state index in [0.29, 0.717) is 22.9 Å². The molecule has 2 nitrogen and oxygen atoms in total. The Morgan fingerprint density at radius 3 is 2.38 bits per heavy atom. The summed E-state index contributed by atoms with van der Waals surface area (Å²) in [4.78, 5) is 24.2. The van der Waals surface area contributed by atoms with E-state index in [4.69, 9.17) is 0 Å². The molecule has 6 atom stereocenters. The predicted octanol–water partition coefficient (Wildman–Crippen LogP) is 5.11. The highest BCUT2D eigenvalue weighted by atomic mass is 16.1. The van der Waals surface area contributed by atoms with Gasteiger partial charge in [-0.25, -0.2) is 0 Å². The lowest BCUT2D eigenvalue weighted by molar-refractivity contribution is -0.139. The van der Waals surface area contributed by atoms with Crippen molar-refractivity contribution < 1.29 is 9.59 Å². The highest BCUT2D eigenvalue weighted by Crippen LogP contribution is 2.72. The predicted molar refractivity (Wildman–Crippen MR) is 95.5 cm³/mol. The maximum atomic E-state index is 12.3. The van der Waals surface area contributed by atoms with Crippen LogP contribution in [0.25, 0.3) is 0 Å². The van der Waals surface area contributed by atoms with Gasteiger partial charge in [0.25, 0.3) is 0 Å². The monoisotopic (exact) mass is 328 g/mol. The Balaban J connectivity index is 1.73. The fourth-order valence-electron chi connectivity index (χ4n) is 7.62. The zero-order valence-corrected chi connectivity index (χ0v) is 15.8. The van der Waals surface area contributed by atoms with Crippen molar-refractivity contribution in [2.24, 2.45) is 34.0 Å². The van der Waals surface area contributed by atoms with E-state index in [2.05, 4.69) is 20.8 Å². The van der Waals surface area contributed by atoms with Crippen molar-refractivity contribution >= 4 is 11.6 Å². The van der Waals surface area contributed by atoms with Gasteiger partial charge in [-0.1, -0.05) is 26.3 Å². The average molecular weight is 328 g/mol. The van der Waals surface area contributed by atoms with Crippen LogP contribution in [-0.4, -0.2) is 11.6 Å². The highest BCUT2D eigenvalue weighted by Gasteiger charge is 2.65. The molecule has 0 N–H and O–H groups in total. The van der Waals surface area contributed by atoms with Gasteiger partial charge in [-0.3, -0.25) is 9.59 Å². The Labute approximate surface area is 146 Å². The molecule has 2 heteroatoms. The number of ketones is 2. The first-order valence-corrected chi connectivity index (χ1v) is 9.97. The van der Waals surface area contributed by atoms with E-state index in [1.165, 1.54) is 31.3 Å². The molecule has 0 bridgehead atoms. The summed E-state index contributed by atoms with van der Waals surface area (Å²) in [5, 5.41) is 0. The summed E-state index contributed by atoms with van der Waals surface area (Å²) in [6.07, 6.45) is 10.8. The average Bonchev–Trinajstić information content (AvgIpc) is 2.80. The smallest absolute Gasteiger partial charge is 0.155 e. The molecule has 0 aromatic carbocycles. The minimum Gasteiger partial charge on any atom is -0.300 e. The number of hydrogen-bond donors (Lipinski definition) is 0. The number of rotatable bonds is 1. The first-order valence-electron chi connectivity index (χ1n) is 9.97. The maximum Gasteiger partial charge on any atom is 0.155 e. The van der Waals surface area contributed by atoms with Gasteiger partial charge in [0.1, 0.15) is 5.78 Å². The maximum absolute atomic E-state index is 12.3. The molecule has 3 fully saturated rings. The van der Waals surface area contributed by atoms with Crippen molar-refractivity contribution in [2.45, 2.75) is 79.1 Å². The van der Waals surface area contributed by atoms with Crippen molar-refractivity contribution in [1.82, 2.24) is 0 Å². The Kier molecular flexibility index (Phi) is 3.48. The van der Waals surface area contributed by atoms with E-state index < -0.39 is 0 Å². The Bertz CT molecular complexity index is 632. The second-order valence-electron chi connectivity index (χ2n) is 9.88. The first kappa shape index (κ1) is 16.5. The highest BCUT2D eigenvalue weighted by molar-refractivity contribution is 5.91. The van der Waals surface area contributed by atoms with Crippen LogP contribution in [0.2, 0.25) is 0 Å². The van der Waals surface area contributed by atoms with Gasteiger partial charge in [-0.15, -0.1) is 0 Å². The topological polar surface area (TPSA) is 34.1 Å². The zero-order valence-electron chi connectivity index (χ0n) is 15.8. The molecular formula is C22H32O2. The third kappa shape index (κ3) is 1.89. The molecule has 4 rings (SSSR count). The van der Waals surface area contributed by atoms with E-state index in [1.54, 1.807) is 0 Å². The molecule has 3 saturated carbocycles. The van der Waals surface area contributed by atoms with Gasteiger partial charge in [-0.05, 0) is 86.0 Å². The normalized spacial score (nSPS) is 50.6. The number of allylic oxidation sites excluding steroid dienone is 1. The van der Waals surface area contributed by atoms with E-state index in [9.17, 15) is 9.59 Å². The number of carbonyl (C=O) groups is 2. The standard InChI is InChI=1S/C22H32O2/c1-14(23)17-8-11-22(4)19-6-5-15-13-16(24)7-10-20(15,2)18(19)9-12-21(17,22)3/h13,17-19H,5-12H2,1-4H3. The van der Waals surface area contributed by atoms with Gasteiger partial charge in [0.15, 0.2) is 5.78 Å². The minimum absolute atomic E-state index is 0.183. The quantitative estimate of drug-likeness (QED) is 0.670. The lowest BCUT2D eigenvalue weighted by Crippen LogP contribution is -2.55. The minimum atomic E-state index is 0.183. The first-order chi connectivity index (χ1) is 11.2. The van der Waals surface area contributed by atoms with E-state index >= 15 is 0 Å². The third-order valence-corrected chi connectivity index (χ3v) is 9.30. The molecule has 0 aliphatic heterocycles. The zero-order chi connectivity index (χ0) is 17.3. The molecule has 132 valence electrons. The number of fused-ring (bicyclic) bond motifs is 5. The van der Waals surface area contributed by atoms with Gasteiger partial charge in [0, 0.05) is 12.3 Å². The molecule has 0 saturated heterocycles. The molecule has 0 spiro atoms. The largest absolute Gasteiger partial charge is 0.300 e. The fourth-order valence-corrected chi connectivity index (χ4v) is 7.62. The van der Waals surface area contributed by atoms with Crippen LogP contribution >= 0.6 is 0 Å². The van der Waals surface area contributed by atoms with Crippen LogP contribution in [0.4, 0.5) is 0 Å². The summed E-state index contributed by atoms with van der Waals surface area (Å²) in [5.74, 6) is 2.43. The summed E-state index contributed by atoms with van der Waals surface area (Å²) in [6.45, 7) is 9.16. The van der Waals surface area contributed by atoms with Crippen LogP contribution in [-0.2, 0) is 9.59 Å². The molecule has 4 aliphatic rings. The Morgan fingerprint density at radius 2 is 1.67 bits per heavy atom. The van der Waals surface area contributed by atoms with Crippen molar-refractivity contribution in [1.29, 1.82) is 0 Å². The van der Waals surface area contributed by atoms with Gasteiger partial charge >= 0.3 is 0 Å². The van der Waals surface area contributed by atoms with Gasteiger partial charge in [0.05, 0.1) is 0 Å². The molecular weight excluding hydrogens is 296 g/mol. The van der Waals surface area contributed by atoms with Crippen LogP contribution in [0.15, 0.2) is 11.6 Å². The van der Waals surface area contributed by atoms with Crippen molar-refractivity contribution in [3.63, 3.8) is 0 Å². The summed E-state index contributed by atoms with van der Waals surface area (Å²) in [5.41, 5.74) is 2.15. The Morgan fingerprint density at radius 1 is 0.958 bits per heavy atom. The van der Waals surface area contributed by atoms with Crippen LogP contribution < -0.4 is 0 Å². The van der Waals surface area contributed by atoms with Gasteiger partial charge < -0.3 is 0 Å². The summed E-state index contributed by atoms with van der Waals surface area (Å²) in [7, 11) is 0. The SMILES string of the molecule is CC(=O)C1CCC2(C)C3CCC4=CC(=O)CCC4(C)C3CCC12C. The molecule has 24 heavy (non-hydrogen) atoms. The molecule has 6 unspecified atom stereocenters. The number of hydrogen-bond acceptors (Lipinski definition) is 2. The number of carbonyl (C=O) groups excluding carboxylic acids is 2. The molecule has 4 aliphatic carbocycles. The summed E-state index contributed by atoms with van der Waals surface area (Å²) >= 11 is 0. The molecule has 0 radical (unpaired) electrons. The van der Waals surface area contributed by atoms with E-state index in [-0.39, 0.29) is 16.7 Å². The van der Waals surface area contributed by atoms with Crippen LogP contribution in [0.5, 0.6) is 0 Å². The van der Waals surface area contributed by atoms with Gasteiger partial charge in [-0.2, -0.15) is 0 Å². The fraction of sp³-hybridized carbons (Fsp3) is 0.818. The second-order valence-corrected chi connectivity index (χ2v) is 9.88. The molecule has 0 aromatic heterocycles. The second kappa shape index (κ2) is 5.05. The Hall–Kier alpha value is -0.920. The van der Waals surface area contributed by atoms with Crippen LogP contribution in [0, 0.1) is 34.0 Å². The molecule has 0 heterocycles. The lowest BCUT2D eigenvalue weighted by atomic mass is 9.42. The molecule has 0 amide bonds. The van der Waals surface area contributed by atoms with Crippen LogP contribution in [0.1, 0.15) is 79.1 Å².